The summed E-state index contributed by atoms with van der Waals surface area (Å²) in [6.45, 7) is 2.24. The van der Waals surface area contributed by atoms with Gasteiger partial charge in [0.25, 0.3) is 0 Å². The van der Waals surface area contributed by atoms with Crippen molar-refractivity contribution in [1.29, 1.82) is 0 Å². The summed E-state index contributed by atoms with van der Waals surface area (Å²) in [6.07, 6.45) is 0. The molecule has 1 unspecified atom stereocenters. The van der Waals surface area contributed by atoms with Crippen LogP contribution in [0.4, 0.5) is 5.69 Å². The Labute approximate surface area is 189 Å². The largest absolute Gasteiger partial charge is 0.359 e. The summed E-state index contributed by atoms with van der Waals surface area (Å²) in [7, 11) is 0. The molecule has 0 aliphatic rings. The molecule has 4 rings (SSSR count). The van der Waals surface area contributed by atoms with Crippen LogP contribution in [0.15, 0.2) is 127 Å². The highest BCUT2D eigenvalue weighted by atomic mass is 16.5. The fraction of sp³-hybridized carbons (Fsp3) is 0.143. The first-order valence-corrected chi connectivity index (χ1v) is 10.7. The van der Waals surface area contributed by atoms with Crippen LogP contribution in [-0.2, 0) is 10.3 Å². The third-order valence-electron chi connectivity index (χ3n) is 5.61. The van der Waals surface area contributed by atoms with E-state index in [1.807, 2.05) is 91.9 Å². The maximum absolute atomic E-state index is 11.7. The number of hydrogen-bond acceptors (Lipinski definition) is 3. The molecule has 32 heavy (non-hydrogen) atoms. The highest BCUT2D eigenvalue weighted by molar-refractivity contribution is 5.48. The maximum atomic E-state index is 11.7. The molecule has 0 aliphatic heterocycles. The van der Waals surface area contributed by atoms with Gasteiger partial charge in [-0.25, -0.2) is 5.01 Å². The number of hydrogen-bond donors (Lipinski definition) is 0. The van der Waals surface area contributed by atoms with Crippen molar-refractivity contribution in [2.45, 2.75) is 18.6 Å². The number of nitroso groups, excluding NO2 is 1. The minimum atomic E-state index is -0.830. The topological polar surface area (TPSA) is 41.9 Å². The molecule has 4 nitrogen and oxygen atoms in total. The molecule has 0 amide bonds. The first-order chi connectivity index (χ1) is 15.8. The first-order valence-electron chi connectivity index (χ1n) is 10.7. The summed E-state index contributed by atoms with van der Waals surface area (Å²) in [5.41, 5.74) is 2.98. The molecule has 1 atom stereocenters. The molecule has 0 saturated carbocycles. The van der Waals surface area contributed by atoms with E-state index in [-0.39, 0.29) is 6.04 Å². The summed E-state index contributed by atoms with van der Waals surface area (Å²) in [6, 6.07) is 39.8. The monoisotopic (exact) mass is 422 g/mol. The minimum Gasteiger partial charge on any atom is -0.359 e. The number of anilines is 1. The fourth-order valence-electron chi connectivity index (χ4n) is 4.05. The Kier molecular flexibility index (Phi) is 6.73. The van der Waals surface area contributed by atoms with E-state index in [4.69, 9.17) is 4.74 Å². The standard InChI is InChI=1S/C28H26N2O2/c1-23(30(29-31)27-20-12-5-13-21-27)22-32-28(24-14-6-2-7-15-24,25-16-8-3-9-17-25)26-18-10-4-11-19-26/h2-21,23H,22H2,1H3. The lowest BCUT2D eigenvalue weighted by atomic mass is 9.80. The number of benzene rings is 4. The van der Waals surface area contributed by atoms with Gasteiger partial charge < -0.3 is 4.74 Å². The van der Waals surface area contributed by atoms with Crippen molar-refractivity contribution in [2.24, 2.45) is 5.29 Å². The van der Waals surface area contributed by atoms with Crippen LogP contribution < -0.4 is 5.01 Å². The third kappa shape index (κ3) is 4.32. The second kappa shape index (κ2) is 10.0. The zero-order valence-corrected chi connectivity index (χ0v) is 18.0. The second-order valence-corrected chi connectivity index (χ2v) is 7.70. The van der Waals surface area contributed by atoms with Crippen LogP contribution in [0.1, 0.15) is 23.6 Å². The van der Waals surface area contributed by atoms with Gasteiger partial charge >= 0.3 is 0 Å². The van der Waals surface area contributed by atoms with Gasteiger partial charge in [0.1, 0.15) is 5.60 Å². The average molecular weight is 423 g/mol. The van der Waals surface area contributed by atoms with Crippen LogP contribution in [-0.4, -0.2) is 12.6 Å². The normalized spacial score (nSPS) is 12.2. The molecular weight excluding hydrogens is 396 g/mol. The number of rotatable bonds is 9. The van der Waals surface area contributed by atoms with Crippen molar-refractivity contribution in [3.63, 3.8) is 0 Å². The van der Waals surface area contributed by atoms with Crippen molar-refractivity contribution in [1.82, 2.24) is 0 Å². The Balaban J connectivity index is 1.77. The van der Waals surface area contributed by atoms with E-state index in [0.717, 1.165) is 22.4 Å². The molecule has 0 radical (unpaired) electrons. The first kappa shape index (κ1) is 21.5. The third-order valence-corrected chi connectivity index (χ3v) is 5.61. The molecule has 0 heterocycles. The van der Waals surface area contributed by atoms with Gasteiger partial charge in [-0.05, 0) is 35.7 Å². The Morgan fingerprint density at radius 3 is 1.44 bits per heavy atom. The van der Waals surface area contributed by atoms with E-state index in [2.05, 4.69) is 41.7 Å². The SMILES string of the molecule is CC(COC(c1ccccc1)(c1ccccc1)c1ccccc1)N(N=O)c1ccccc1. The van der Waals surface area contributed by atoms with E-state index in [0.29, 0.717) is 6.61 Å². The van der Waals surface area contributed by atoms with Crippen LogP contribution in [0.25, 0.3) is 0 Å². The molecular formula is C28H26N2O2. The van der Waals surface area contributed by atoms with Crippen LogP contribution >= 0.6 is 0 Å². The quantitative estimate of drug-likeness (QED) is 0.174. The van der Waals surface area contributed by atoms with E-state index >= 15 is 0 Å². The number of para-hydroxylation sites is 1. The van der Waals surface area contributed by atoms with Crippen LogP contribution in [0.2, 0.25) is 0 Å². The van der Waals surface area contributed by atoms with Gasteiger partial charge in [0.15, 0.2) is 0 Å². The second-order valence-electron chi connectivity index (χ2n) is 7.70. The highest BCUT2D eigenvalue weighted by Crippen LogP contribution is 2.40. The van der Waals surface area contributed by atoms with Gasteiger partial charge in [0.2, 0.25) is 0 Å². The Morgan fingerprint density at radius 1 is 0.688 bits per heavy atom. The van der Waals surface area contributed by atoms with Crippen molar-refractivity contribution in [3.8, 4) is 0 Å². The van der Waals surface area contributed by atoms with Gasteiger partial charge in [-0.3, -0.25) is 0 Å². The Morgan fingerprint density at radius 2 is 1.06 bits per heavy atom. The van der Waals surface area contributed by atoms with Crippen molar-refractivity contribution < 1.29 is 4.74 Å². The molecule has 0 N–H and O–H groups in total. The van der Waals surface area contributed by atoms with Gasteiger partial charge in [-0.15, -0.1) is 4.91 Å². The van der Waals surface area contributed by atoms with Crippen LogP contribution in [0, 0.1) is 4.91 Å². The van der Waals surface area contributed by atoms with E-state index < -0.39 is 5.60 Å². The molecule has 4 aromatic rings. The molecule has 0 fully saturated rings. The summed E-state index contributed by atoms with van der Waals surface area (Å²) >= 11 is 0. The van der Waals surface area contributed by atoms with Gasteiger partial charge in [0.05, 0.1) is 23.6 Å². The minimum absolute atomic E-state index is 0.273. The lowest BCUT2D eigenvalue weighted by Gasteiger charge is -2.37. The van der Waals surface area contributed by atoms with Gasteiger partial charge in [0, 0.05) is 0 Å². The van der Waals surface area contributed by atoms with Crippen molar-refractivity contribution in [3.05, 3.63) is 143 Å². The van der Waals surface area contributed by atoms with E-state index in [9.17, 15) is 4.91 Å². The molecule has 160 valence electrons. The van der Waals surface area contributed by atoms with Crippen molar-refractivity contribution >= 4 is 5.69 Å². The van der Waals surface area contributed by atoms with E-state index in [1.165, 1.54) is 5.01 Å². The zero-order chi connectivity index (χ0) is 22.2. The fourth-order valence-corrected chi connectivity index (χ4v) is 4.05. The maximum Gasteiger partial charge on any atom is 0.143 e. The molecule has 4 heteroatoms. The van der Waals surface area contributed by atoms with Crippen LogP contribution in [0.5, 0.6) is 0 Å². The number of ether oxygens (including phenoxy) is 1. The molecule has 0 bridgehead atoms. The molecule has 0 aliphatic carbocycles. The zero-order valence-electron chi connectivity index (χ0n) is 18.0. The lowest BCUT2D eigenvalue weighted by Crippen LogP contribution is -2.39. The summed E-state index contributed by atoms with van der Waals surface area (Å²) in [5.74, 6) is 0. The van der Waals surface area contributed by atoms with Gasteiger partial charge in [-0.1, -0.05) is 109 Å². The molecule has 0 aromatic heterocycles. The summed E-state index contributed by atoms with van der Waals surface area (Å²) in [4.78, 5) is 11.7. The smallest absolute Gasteiger partial charge is 0.143 e. The predicted molar refractivity (Wildman–Crippen MR) is 129 cm³/mol. The van der Waals surface area contributed by atoms with Gasteiger partial charge in [-0.2, -0.15) is 0 Å². The molecule has 4 aromatic carbocycles. The molecule has 0 saturated heterocycles. The Hall–Kier alpha value is -3.76. The Bertz CT molecular complexity index is 1010. The van der Waals surface area contributed by atoms with Crippen molar-refractivity contribution in [2.75, 3.05) is 11.6 Å². The summed E-state index contributed by atoms with van der Waals surface area (Å²) < 4.78 is 6.81. The van der Waals surface area contributed by atoms with E-state index in [1.54, 1.807) is 0 Å². The summed E-state index contributed by atoms with van der Waals surface area (Å²) in [5, 5.41) is 4.74. The highest BCUT2D eigenvalue weighted by Gasteiger charge is 2.38. The lowest BCUT2D eigenvalue weighted by molar-refractivity contribution is 0.00612. The number of nitrogens with zero attached hydrogens (tertiary/aromatic N) is 2. The predicted octanol–water partition coefficient (Wildman–Crippen LogP) is 6.57. The van der Waals surface area contributed by atoms with Crippen LogP contribution in [0.3, 0.4) is 0 Å². The average Bonchev–Trinajstić information content (AvgIpc) is 2.87. The molecule has 0 spiro atoms.